The van der Waals surface area contributed by atoms with Crippen LogP contribution in [0.3, 0.4) is 0 Å². The van der Waals surface area contributed by atoms with E-state index >= 15 is 0 Å². The largest absolute Gasteiger partial charge is 0.447 e. The molecule has 0 atom stereocenters. The highest BCUT2D eigenvalue weighted by atomic mass is 19.3. The van der Waals surface area contributed by atoms with Crippen LogP contribution in [0.1, 0.15) is 32.1 Å². The molecule has 0 fully saturated rings. The van der Waals surface area contributed by atoms with Crippen LogP contribution in [0, 0.1) is 0 Å². The fraction of sp³-hybridized carbons (Fsp3) is 0.667. The van der Waals surface area contributed by atoms with E-state index in [0.717, 1.165) is 6.92 Å². The third kappa shape index (κ3) is 4.20. The monoisotopic (exact) mass is 204 g/mol. The normalized spacial score (nSPS) is 11.9. The van der Waals surface area contributed by atoms with E-state index < -0.39 is 5.92 Å². The van der Waals surface area contributed by atoms with Crippen LogP contribution in [-0.2, 0) is 6.42 Å². The fourth-order valence-electron chi connectivity index (χ4n) is 1.15. The number of unbranched alkanes of at least 4 members (excludes halogenated alkanes) is 1. The van der Waals surface area contributed by atoms with Gasteiger partial charge in [-0.05, 0) is 19.8 Å². The molecule has 0 saturated carbocycles. The van der Waals surface area contributed by atoms with Gasteiger partial charge >= 0.3 is 0 Å². The van der Waals surface area contributed by atoms with Gasteiger partial charge in [-0.3, -0.25) is 0 Å². The zero-order valence-corrected chi connectivity index (χ0v) is 8.09. The van der Waals surface area contributed by atoms with Crippen molar-refractivity contribution in [3.05, 3.63) is 12.2 Å². The lowest BCUT2D eigenvalue weighted by molar-refractivity contribution is 0.0104. The molecule has 1 aromatic heterocycles. The number of alkyl halides is 2. The zero-order valence-electron chi connectivity index (χ0n) is 8.09. The summed E-state index contributed by atoms with van der Waals surface area (Å²) in [5.74, 6) is -1.72. The second-order valence-electron chi connectivity index (χ2n) is 3.44. The number of anilines is 1. The lowest BCUT2D eigenvalue weighted by Gasteiger charge is -2.08. The molecule has 1 heterocycles. The average molecular weight is 204 g/mol. The van der Waals surface area contributed by atoms with E-state index in [1.165, 1.54) is 6.26 Å². The van der Waals surface area contributed by atoms with Gasteiger partial charge in [-0.2, -0.15) is 4.98 Å². The van der Waals surface area contributed by atoms with Gasteiger partial charge in [0.25, 0.3) is 0 Å². The van der Waals surface area contributed by atoms with Crippen molar-refractivity contribution in [3.63, 3.8) is 0 Å². The summed E-state index contributed by atoms with van der Waals surface area (Å²) in [6.45, 7) is 0.927. The fourth-order valence-corrected chi connectivity index (χ4v) is 1.15. The molecule has 2 N–H and O–H groups in total. The average Bonchev–Trinajstić information content (AvgIpc) is 2.44. The number of nitrogens with two attached hydrogens (primary N) is 1. The minimum atomic E-state index is -2.57. The topological polar surface area (TPSA) is 52.0 Å². The van der Waals surface area contributed by atoms with Gasteiger partial charge in [0, 0.05) is 12.8 Å². The van der Waals surface area contributed by atoms with Crippen molar-refractivity contribution in [2.45, 2.75) is 38.5 Å². The summed E-state index contributed by atoms with van der Waals surface area (Å²) in [6.07, 6.45) is 2.93. The predicted octanol–water partition coefficient (Wildman–Crippen LogP) is 2.62. The van der Waals surface area contributed by atoms with E-state index in [1.54, 1.807) is 0 Å². The summed E-state index contributed by atoms with van der Waals surface area (Å²) in [5, 5.41) is 0. The van der Waals surface area contributed by atoms with Crippen molar-refractivity contribution >= 4 is 5.82 Å². The molecule has 14 heavy (non-hydrogen) atoms. The van der Waals surface area contributed by atoms with Gasteiger partial charge in [-0.15, -0.1) is 0 Å². The van der Waals surface area contributed by atoms with Crippen LogP contribution in [0.2, 0.25) is 0 Å². The van der Waals surface area contributed by atoms with E-state index in [4.69, 9.17) is 10.2 Å². The minimum absolute atomic E-state index is 0.0941. The predicted molar refractivity (Wildman–Crippen MR) is 49.1 cm³/mol. The number of nitrogen functional groups attached to an aromatic ring is 1. The first-order valence-electron chi connectivity index (χ1n) is 4.55. The molecule has 0 unspecified atom stereocenters. The molecule has 0 bridgehead atoms. The Morgan fingerprint density at radius 3 is 2.71 bits per heavy atom. The highest BCUT2D eigenvalue weighted by molar-refractivity contribution is 5.21. The maximum Gasteiger partial charge on any atom is 0.245 e. The molecular formula is C9H14F2N2O. The molecular weight excluding hydrogens is 190 g/mol. The smallest absolute Gasteiger partial charge is 0.245 e. The Morgan fingerprint density at radius 1 is 1.50 bits per heavy atom. The Balaban J connectivity index is 2.16. The van der Waals surface area contributed by atoms with E-state index in [2.05, 4.69) is 4.98 Å². The zero-order chi connectivity index (χ0) is 10.6. The standard InChI is InChI=1S/C9H14F2N2O/c1-9(10,11)5-3-2-4-8-13-7(12)6-14-8/h6H,2-5,12H2,1H3. The second kappa shape index (κ2) is 4.39. The third-order valence-electron chi connectivity index (χ3n) is 1.83. The number of aromatic nitrogens is 1. The maximum atomic E-state index is 12.4. The summed E-state index contributed by atoms with van der Waals surface area (Å²) in [5.41, 5.74) is 5.33. The molecule has 0 aliphatic rings. The number of halogens is 2. The number of hydrogen-bond acceptors (Lipinski definition) is 3. The van der Waals surface area contributed by atoms with Crippen LogP contribution in [0.15, 0.2) is 10.7 Å². The molecule has 0 aromatic carbocycles. The Hall–Kier alpha value is -1.13. The van der Waals surface area contributed by atoms with Crippen LogP contribution in [-0.4, -0.2) is 10.9 Å². The third-order valence-corrected chi connectivity index (χ3v) is 1.83. The Labute approximate surface area is 81.3 Å². The molecule has 0 aliphatic heterocycles. The van der Waals surface area contributed by atoms with Crippen molar-refractivity contribution < 1.29 is 13.2 Å². The van der Waals surface area contributed by atoms with Gasteiger partial charge in [-0.25, -0.2) is 8.78 Å². The Kier molecular flexibility index (Phi) is 3.43. The molecule has 3 nitrogen and oxygen atoms in total. The van der Waals surface area contributed by atoms with E-state index in [9.17, 15) is 8.78 Å². The first kappa shape index (κ1) is 10.9. The summed E-state index contributed by atoms with van der Waals surface area (Å²) in [6, 6.07) is 0. The van der Waals surface area contributed by atoms with Crippen molar-refractivity contribution in [2.24, 2.45) is 0 Å². The van der Waals surface area contributed by atoms with Crippen LogP contribution in [0.5, 0.6) is 0 Å². The molecule has 1 aromatic rings. The molecule has 5 heteroatoms. The number of oxazole rings is 1. The first-order chi connectivity index (χ1) is 6.47. The summed E-state index contributed by atoms with van der Waals surface area (Å²) in [7, 11) is 0. The van der Waals surface area contributed by atoms with Gasteiger partial charge in [0.15, 0.2) is 11.7 Å². The van der Waals surface area contributed by atoms with Gasteiger partial charge in [-0.1, -0.05) is 0 Å². The van der Waals surface area contributed by atoms with Gasteiger partial charge in [0.05, 0.1) is 0 Å². The molecule has 1 rings (SSSR count). The van der Waals surface area contributed by atoms with Crippen molar-refractivity contribution in [3.8, 4) is 0 Å². The lowest BCUT2D eigenvalue weighted by Crippen LogP contribution is -2.08. The van der Waals surface area contributed by atoms with E-state index in [-0.39, 0.29) is 6.42 Å². The first-order valence-corrected chi connectivity index (χ1v) is 4.55. The van der Waals surface area contributed by atoms with Crippen molar-refractivity contribution in [1.29, 1.82) is 0 Å². The van der Waals surface area contributed by atoms with Crippen molar-refractivity contribution in [2.75, 3.05) is 5.73 Å². The highest BCUT2D eigenvalue weighted by Gasteiger charge is 2.19. The van der Waals surface area contributed by atoms with E-state index in [0.29, 0.717) is 31.0 Å². The van der Waals surface area contributed by atoms with E-state index in [1.807, 2.05) is 0 Å². The second-order valence-corrected chi connectivity index (χ2v) is 3.44. The van der Waals surface area contributed by atoms with Crippen LogP contribution in [0.4, 0.5) is 14.6 Å². The number of hydrogen-bond donors (Lipinski definition) is 1. The minimum Gasteiger partial charge on any atom is -0.447 e. The summed E-state index contributed by atoms with van der Waals surface area (Å²) in [4.78, 5) is 3.87. The highest BCUT2D eigenvalue weighted by Crippen LogP contribution is 2.20. The number of nitrogens with zero attached hydrogens (tertiary/aromatic N) is 1. The quantitative estimate of drug-likeness (QED) is 0.750. The van der Waals surface area contributed by atoms with Crippen LogP contribution < -0.4 is 5.73 Å². The summed E-state index contributed by atoms with van der Waals surface area (Å²) < 4.78 is 29.8. The van der Waals surface area contributed by atoms with Crippen LogP contribution in [0.25, 0.3) is 0 Å². The molecule has 0 saturated heterocycles. The molecule has 80 valence electrons. The van der Waals surface area contributed by atoms with Gasteiger partial charge in [0.2, 0.25) is 5.92 Å². The van der Waals surface area contributed by atoms with Gasteiger partial charge in [0.1, 0.15) is 6.26 Å². The van der Waals surface area contributed by atoms with Gasteiger partial charge < -0.3 is 10.2 Å². The molecule has 0 aliphatic carbocycles. The molecule has 0 radical (unpaired) electrons. The van der Waals surface area contributed by atoms with Crippen molar-refractivity contribution in [1.82, 2.24) is 4.98 Å². The Bertz CT molecular complexity index is 281. The number of rotatable bonds is 5. The lowest BCUT2D eigenvalue weighted by atomic mass is 10.1. The SMILES string of the molecule is CC(F)(F)CCCCc1nc(N)co1. The summed E-state index contributed by atoms with van der Waals surface area (Å²) >= 11 is 0. The molecule has 0 spiro atoms. The maximum absolute atomic E-state index is 12.4. The Morgan fingerprint density at radius 2 is 2.21 bits per heavy atom. The number of aryl methyl sites for hydroxylation is 1. The molecule has 0 amide bonds. The van der Waals surface area contributed by atoms with Crippen LogP contribution >= 0.6 is 0 Å².